The fourth-order valence-electron chi connectivity index (χ4n) is 2.53. The van der Waals surface area contributed by atoms with Gasteiger partial charge in [-0.05, 0) is 45.0 Å². The predicted octanol–water partition coefficient (Wildman–Crippen LogP) is 2.66. The minimum atomic E-state index is 0. The van der Waals surface area contributed by atoms with Crippen LogP contribution in [0.2, 0.25) is 0 Å². The molecule has 4 nitrogen and oxygen atoms in total. The minimum absolute atomic E-state index is 0. The van der Waals surface area contributed by atoms with Crippen LogP contribution in [0.1, 0.15) is 24.2 Å². The summed E-state index contributed by atoms with van der Waals surface area (Å²) >= 11 is 0. The minimum Gasteiger partial charge on any atom is -0.398 e. The molecule has 0 spiro atoms. The Hall–Kier alpha value is -0.970. The van der Waals surface area contributed by atoms with Crippen molar-refractivity contribution in [2.75, 3.05) is 18.8 Å². The van der Waals surface area contributed by atoms with Gasteiger partial charge in [-0.3, -0.25) is 4.90 Å². The maximum Gasteiger partial charge on any atom is 0.137 e. The van der Waals surface area contributed by atoms with Gasteiger partial charge in [0.1, 0.15) is 5.65 Å². The zero-order valence-corrected chi connectivity index (χ0v) is 12.6. The number of aryl methyl sites for hydroxylation is 1. The number of nitrogen functional groups attached to an aromatic ring is 1. The quantitative estimate of drug-likeness (QED) is 0.928. The highest BCUT2D eigenvalue weighted by Gasteiger charge is 2.15. The zero-order chi connectivity index (χ0) is 11.8. The van der Waals surface area contributed by atoms with Crippen LogP contribution in [-0.4, -0.2) is 27.4 Å². The van der Waals surface area contributed by atoms with E-state index in [1.54, 1.807) is 0 Å². The Bertz CT molecular complexity index is 547. The molecule has 0 radical (unpaired) electrons. The molecule has 3 rings (SSSR count). The first-order valence-electron chi connectivity index (χ1n) is 6.19. The van der Waals surface area contributed by atoms with Gasteiger partial charge in [-0.1, -0.05) is 0 Å². The van der Waals surface area contributed by atoms with Crippen molar-refractivity contribution in [3.63, 3.8) is 0 Å². The molecule has 2 aromatic rings. The van der Waals surface area contributed by atoms with Crippen molar-refractivity contribution < 1.29 is 0 Å². The lowest BCUT2D eigenvalue weighted by atomic mass is 10.3. The van der Waals surface area contributed by atoms with Crippen molar-refractivity contribution in [1.82, 2.24) is 14.3 Å². The van der Waals surface area contributed by atoms with E-state index in [-0.39, 0.29) is 24.8 Å². The maximum absolute atomic E-state index is 5.81. The van der Waals surface area contributed by atoms with E-state index in [9.17, 15) is 0 Å². The molecule has 1 aliphatic rings. The third-order valence-corrected chi connectivity index (χ3v) is 3.55. The van der Waals surface area contributed by atoms with Crippen LogP contribution in [0, 0.1) is 6.92 Å². The van der Waals surface area contributed by atoms with Crippen LogP contribution in [0.15, 0.2) is 18.3 Å². The van der Waals surface area contributed by atoms with Gasteiger partial charge in [0.15, 0.2) is 0 Å². The molecule has 0 unspecified atom stereocenters. The number of pyridine rings is 1. The number of aromatic nitrogens is 2. The van der Waals surface area contributed by atoms with Crippen molar-refractivity contribution in [2.24, 2.45) is 0 Å². The Balaban J connectivity index is 0.000000902. The standard InChI is InChI=1S/C13H18N4.2ClH/c1-10-12(9-16-6-2-3-7-16)15-13-5-4-11(14)8-17(10)13;;/h4-5,8H,2-3,6-7,9,14H2,1H3;2*1H. The van der Waals surface area contributed by atoms with Crippen LogP contribution >= 0.6 is 24.8 Å². The average molecular weight is 303 g/mol. The van der Waals surface area contributed by atoms with E-state index in [4.69, 9.17) is 5.73 Å². The number of likely N-dealkylation sites (tertiary alicyclic amines) is 1. The Morgan fingerprint density at radius 2 is 1.89 bits per heavy atom. The monoisotopic (exact) mass is 302 g/mol. The molecule has 0 aliphatic carbocycles. The summed E-state index contributed by atoms with van der Waals surface area (Å²) in [6.45, 7) is 5.49. The van der Waals surface area contributed by atoms with Crippen LogP contribution in [0.3, 0.4) is 0 Å². The van der Waals surface area contributed by atoms with Crippen molar-refractivity contribution in [3.8, 4) is 0 Å². The maximum atomic E-state index is 5.81. The first-order chi connectivity index (χ1) is 8.24. The van der Waals surface area contributed by atoms with E-state index in [0.29, 0.717) is 0 Å². The number of hydrogen-bond acceptors (Lipinski definition) is 3. The summed E-state index contributed by atoms with van der Waals surface area (Å²) in [7, 11) is 0. The molecule has 6 heteroatoms. The molecule has 3 heterocycles. The van der Waals surface area contributed by atoms with Gasteiger partial charge < -0.3 is 10.1 Å². The largest absolute Gasteiger partial charge is 0.398 e. The molecule has 1 fully saturated rings. The molecule has 0 atom stereocenters. The second-order valence-corrected chi connectivity index (χ2v) is 4.82. The molecule has 0 saturated carbocycles. The lowest BCUT2D eigenvalue weighted by Gasteiger charge is -2.12. The molecule has 0 aromatic carbocycles. The summed E-state index contributed by atoms with van der Waals surface area (Å²) in [4.78, 5) is 7.15. The molecule has 0 bridgehead atoms. The van der Waals surface area contributed by atoms with E-state index in [0.717, 1.165) is 17.9 Å². The van der Waals surface area contributed by atoms with Gasteiger partial charge in [0.2, 0.25) is 0 Å². The molecule has 19 heavy (non-hydrogen) atoms. The van der Waals surface area contributed by atoms with E-state index in [1.165, 1.54) is 37.3 Å². The predicted molar refractivity (Wildman–Crippen MR) is 83.3 cm³/mol. The topological polar surface area (TPSA) is 46.6 Å². The van der Waals surface area contributed by atoms with Crippen LogP contribution < -0.4 is 5.73 Å². The summed E-state index contributed by atoms with van der Waals surface area (Å²) in [5, 5.41) is 0. The van der Waals surface area contributed by atoms with Gasteiger partial charge in [-0.2, -0.15) is 0 Å². The Morgan fingerprint density at radius 1 is 1.21 bits per heavy atom. The van der Waals surface area contributed by atoms with Crippen molar-refractivity contribution in [3.05, 3.63) is 29.7 Å². The number of nitrogens with zero attached hydrogens (tertiary/aromatic N) is 3. The summed E-state index contributed by atoms with van der Waals surface area (Å²) in [5.41, 5.74) is 9.97. The summed E-state index contributed by atoms with van der Waals surface area (Å²) in [5.74, 6) is 0. The second-order valence-electron chi connectivity index (χ2n) is 4.82. The number of rotatable bonds is 2. The highest BCUT2D eigenvalue weighted by atomic mass is 35.5. The molecule has 2 aromatic heterocycles. The number of anilines is 1. The molecular formula is C13H20Cl2N4. The molecule has 0 amide bonds. The summed E-state index contributed by atoms with van der Waals surface area (Å²) in [6, 6.07) is 3.89. The highest BCUT2D eigenvalue weighted by Crippen LogP contribution is 2.18. The van der Waals surface area contributed by atoms with E-state index in [2.05, 4.69) is 21.2 Å². The number of nitrogens with two attached hydrogens (primary N) is 1. The van der Waals surface area contributed by atoms with Gasteiger partial charge in [0, 0.05) is 24.1 Å². The normalized spacial score (nSPS) is 15.2. The van der Waals surface area contributed by atoms with Gasteiger partial charge in [-0.25, -0.2) is 4.98 Å². The second kappa shape index (κ2) is 6.46. The van der Waals surface area contributed by atoms with Crippen molar-refractivity contribution in [2.45, 2.75) is 26.3 Å². The van der Waals surface area contributed by atoms with Gasteiger partial charge in [0.05, 0.1) is 5.69 Å². The first-order valence-corrected chi connectivity index (χ1v) is 6.19. The third kappa shape index (κ3) is 3.14. The third-order valence-electron chi connectivity index (χ3n) is 3.55. The number of imidazole rings is 1. The Kier molecular flexibility index (Phi) is 5.47. The molecule has 2 N–H and O–H groups in total. The van der Waals surface area contributed by atoms with E-state index < -0.39 is 0 Å². The van der Waals surface area contributed by atoms with Gasteiger partial charge in [-0.15, -0.1) is 24.8 Å². The summed E-state index contributed by atoms with van der Waals surface area (Å²) < 4.78 is 2.08. The molecule has 1 saturated heterocycles. The number of fused-ring (bicyclic) bond motifs is 1. The fourth-order valence-corrected chi connectivity index (χ4v) is 2.53. The fraction of sp³-hybridized carbons (Fsp3) is 0.462. The zero-order valence-electron chi connectivity index (χ0n) is 11.0. The van der Waals surface area contributed by atoms with Crippen LogP contribution in [0.5, 0.6) is 0 Å². The van der Waals surface area contributed by atoms with Crippen molar-refractivity contribution >= 4 is 36.1 Å². The van der Waals surface area contributed by atoms with E-state index >= 15 is 0 Å². The Morgan fingerprint density at radius 3 is 2.58 bits per heavy atom. The van der Waals surface area contributed by atoms with Gasteiger partial charge >= 0.3 is 0 Å². The number of halogens is 2. The van der Waals surface area contributed by atoms with Crippen LogP contribution in [0.25, 0.3) is 5.65 Å². The lowest BCUT2D eigenvalue weighted by molar-refractivity contribution is 0.327. The van der Waals surface area contributed by atoms with E-state index in [1.807, 2.05) is 18.3 Å². The highest BCUT2D eigenvalue weighted by molar-refractivity contribution is 5.85. The molecule has 106 valence electrons. The number of hydrogen-bond donors (Lipinski definition) is 1. The lowest BCUT2D eigenvalue weighted by Crippen LogP contribution is -2.19. The van der Waals surface area contributed by atoms with Gasteiger partial charge in [0.25, 0.3) is 0 Å². The van der Waals surface area contributed by atoms with Crippen LogP contribution in [0.4, 0.5) is 5.69 Å². The smallest absolute Gasteiger partial charge is 0.137 e. The Labute approximate surface area is 125 Å². The first kappa shape index (κ1) is 16.1. The SMILES string of the molecule is Cc1c(CN2CCCC2)nc2ccc(N)cn12.Cl.Cl. The molecular weight excluding hydrogens is 283 g/mol. The van der Waals surface area contributed by atoms with Crippen molar-refractivity contribution in [1.29, 1.82) is 0 Å². The van der Waals surface area contributed by atoms with Crippen LogP contribution in [-0.2, 0) is 6.54 Å². The average Bonchev–Trinajstić information content (AvgIpc) is 2.91. The summed E-state index contributed by atoms with van der Waals surface area (Å²) in [6.07, 6.45) is 4.59. The molecule has 1 aliphatic heterocycles.